The topological polar surface area (TPSA) is 216 Å². The Morgan fingerprint density at radius 2 is 1.26 bits per heavy atom. The van der Waals surface area contributed by atoms with E-state index in [0.717, 1.165) is 11.5 Å². The van der Waals surface area contributed by atoms with Gasteiger partial charge in [-0.3, -0.25) is 29.7 Å². The van der Waals surface area contributed by atoms with Gasteiger partial charge >= 0.3 is 0 Å². The van der Waals surface area contributed by atoms with Crippen molar-refractivity contribution in [1.82, 2.24) is 0 Å². The maximum Gasteiger partial charge on any atom is 0.277 e. The molecule has 0 spiro atoms. The van der Waals surface area contributed by atoms with Crippen molar-refractivity contribution >= 4 is 48.9 Å². The molecule has 3 aromatic rings. The highest BCUT2D eigenvalue weighted by molar-refractivity contribution is 7.95. The molecule has 0 saturated carbocycles. The second kappa shape index (κ2) is 12.6. The first-order valence-corrected chi connectivity index (χ1v) is 14.4. The lowest BCUT2D eigenvalue weighted by atomic mass is 10.1. The largest absolute Gasteiger partial charge is 0.496 e. The minimum Gasteiger partial charge on any atom is -0.496 e. The highest BCUT2D eigenvalue weighted by atomic mass is 32.2. The van der Waals surface area contributed by atoms with Gasteiger partial charge in [0.2, 0.25) is 0 Å². The Labute approximate surface area is 239 Å². The van der Waals surface area contributed by atoms with Crippen LogP contribution in [0, 0.1) is 20.2 Å². The van der Waals surface area contributed by atoms with E-state index in [4.69, 9.17) is 18.9 Å². The molecule has 3 aromatic carbocycles. The Morgan fingerprint density at radius 1 is 0.714 bits per heavy atom. The number of hydrogen-bond donors (Lipinski definition) is 2. The van der Waals surface area contributed by atoms with Crippen LogP contribution < -0.4 is 28.4 Å². The summed E-state index contributed by atoms with van der Waals surface area (Å²) in [5.41, 5.74) is -1.73. The molecular weight excluding hydrogens is 600 g/mol. The minimum atomic E-state index is -4.65. The van der Waals surface area contributed by atoms with Crippen molar-refractivity contribution in [3.05, 3.63) is 79.7 Å². The molecule has 0 aliphatic heterocycles. The molecule has 3 rings (SSSR count). The second-order valence-electron chi connectivity index (χ2n) is 8.12. The highest BCUT2D eigenvalue weighted by Gasteiger charge is 2.25. The van der Waals surface area contributed by atoms with Gasteiger partial charge in [0, 0.05) is 24.3 Å². The number of hydrogen-bond acceptors (Lipinski definition) is 12. The predicted molar refractivity (Wildman–Crippen MR) is 151 cm³/mol. The number of ether oxygens (including phenoxy) is 4. The normalized spacial score (nSPS) is 11.5. The van der Waals surface area contributed by atoms with Crippen LogP contribution in [0.2, 0.25) is 0 Å². The average Bonchev–Trinajstić information content (AvgIpc) is 2.95. The summed E-state index contributed by atoms with van der Waals surface area (Å²) in [7, 11) is -3.44. The molecule has 42 heavy (non-hydrogen) atoms. The molecule has 18 heteroatoms. The number of methoxy groups -OCH3 is 4. The van der Waals surface area contributed by atoms with Gasteiger partial charge in [-0.25, -0.2) is 16.8 Å². The van der Waals surface area contributed by atoms with Gasteiger partial charge in [-0.2, -0.15) is 0 Å². The van der Waals surface area contributed by atoms with Gasteiger partial charge in [-0.1, -0.05) is 0 Å². The van der Waals surface area contributed by atoms with E-state index in [-0.39, 0.29) is 28.6 Å². The van der Waals surface area contributed by atoms with Crippen LogP contribution in [0.5, 0.6) is 23.0 Å². The van der Waals surface area contributed by atoms with Crippen molar-refractivity contribution in [2.45, 2.75) is 4.90 Å². The molecule has 0 unspecified atom stereocenters. The van der Waals surface area contributed by atoms with E-state index in [2.05, 4.69) is 9.44 Å². The Morgan fingerprint density at radius 3 is 1.74 bits per heavy atom. The smallest absolute Gasteiger partial charge is 0.277 e. The quantitative estimate of drug-likeness (QED) is 0.205. The molecule has 0 atom stereocenters. The monoisotopic (exact) mass is 624 g/mol. The van der Waals surface area contributed by atoms with Gasteiger partial charge in [-0.15, -0.1) is 0 Å². The van der Waals surface area contributed by atoms with Crippen molar-refractivity contribution in [1.29, 1.82) is 0 Å². The van der Waals surface area contributed by atoms with Gasteiger partial charge in [-0.05, 0) is 24.3 Å². The molecule has 0 bridgehead atoms. The van der Waals surface area contributed by atoms with Crippen LogP contribution in [0.25, 0.3) is 6.08 Å². The molecule has 0 aliphatic rings. The van der Waals surface area contributed by atoms with Gasteiger partial charge in [0.1, 0.15) is 27.9 Å². The first-order chi connectivity index (χ1) is 19.7. The summed E-state index contributed by atoms with van der Waals surface area (Å²) in [5, 5.41) is 23.2. The molecule has 0 aliphatic carbocycles. The zero-order valence-corrected chi connectivity index (χ0v) is 24.0. The SMILES string of the molecule is COc1cc(OC)c(/C=C/S(=O)(=O)Nc2ccc(OC)c(NS(=O)(=O)c3cc([N+](=O)[O-])cc([N+](=O)[O-])c3)c2)c(OC)c1. The lowest BCUT2D eigenvalue weighted by Gasteiger charge is -2.14. The number of sulfonamides is 2. The number of rotatable bonds is 13. The van der Waals surface area contributed by atoms with E-state index in [1.165, 1.54) is 58.8 Å². The fourth-order valence-corrected chi connectivity index (χ4v) is 5.50. The first-order valence-electron chi connectivity index (χ1n) is 11.4. The Bertz CT molecular complexity index is 1720. The maximum absolute atomic E-state index is 13.0. The second-order valence-corrected chi connectivity index (χ2v) is 11.4. The van der Waals surface area contributed by atoms with Crippen molar-refractivity contribution in [2.75, 3.05) is 37.9 Å². The lowest BCUT2D eigenvalue weighted by Crippen LogP contribution is -2.15. The van der Waals surface area contributed by atoms with E-state index in [9.17, 15) is 37.1 Å². The molecule has 0 heterocycles. The third-order valence-corrected chi connectivity index (χ3v) is 7.84. The summed E-state index contributed by atoms with van der Waals surface area (Å²) in [5.74, 6) is 0.889. The van der Waals surface area contributed by atoms with E-state index in [0.29, 0.717) is 29.5 Å². The van der Waals surface area contributed by atoms with E-state index in [1.54, 1.807) is 0 Å². The molecule has 0 radical (unpaired) electrons. The van der Waals surface area contributed by atoms with E-state index >= 15 is 0 Å². The van der Waals surface area contributed by atoms with Gasteiger partial charge < -0.3 is 18.9 Å². The average molecular weight is 625 g/mol. The molecule has 0 amide bonds. The third-order valence-electron chi connectivity index (χ3n) is 5.48. The number of anilines is 2. The van der Waals surface area contributed by atoms with Gasteiger partial charge in [0.05, 0.1) is 66.7 Å². The van der Waals surface area contributed by atoms with Crippen molar-refractivity contribution < 1.29 is 45.6 Å². The standard InChI is InChI=1S/C24H24N4O12S2/c1-37-18-13-23(39-3)20(24(14-18)40-4)7-8-41(33,34)25-15-5-6-22(38-2)21(9-15)26-42(35,36)19-11-16(27(29)30)10-17(12-19)28(31)32/h5-14,25-26H,1-4H3/b8-7+. The number of nitrogens with zero attached hydrogens (tertiary/aromatic N) is 2. The third kappa shape index (κ3) is 7.34. The zero-order valence-electron chi connectivity index (χ0n) is 22.4. The summed E-state index contributed by atoms with van der Waals surface area (Å²) in [4.78, 5) is 19.7. The molecule has 0 fully saturated rings. The molecule has 2 N–H and O–H groups in total. The number of nitro groups is 2. The number of benzene rings is 3. The Hall–Kier alpha value is -5.10. The van der Waals surface area contributed by atoms with Crippen LogP contribution in [-0.4, -0.2) is 55.1 Å². The zero-order chi connectivity index (χ0) is 31.2. The van der Waals surface area contributed by atoms with Crippen molar-refractivity contribution in [3.63, 3.8) is 0 Å². The maximum atomic E-state index is 13.0. The lowest BCUT2D eigenvalue weighted by molar-refractivity contribution is -0.394. The summed E-state index contributed by atoms with van der Waals surface area (Å²) in [6, 6.07) is 8.57. The molecule has 0 saturated heterocycles. The summed E-state index contributed by atoms with van der Waals surface area (Å²) < 4.78 is 77.1. The highest BCUT2D eigenvalue weighted by Crippen LogP contribution is 2.36. The molecule has 16 nitrogen and oxygen atoms in total. The molecule has 0 aromatic heterocycles. The number of nitro benzene ring substituents is 2. The summed E-state index contributed by atoms with van der Waals surface area (Å²) in [6.07, 6.45) is 1.22. The van der Waals surface area contributed by atoms with Crippen LogP contribution in [0.15, 0.2) is 58.8 Å². The summed E-state index contributed by atoms with van der Waals surface area (Å²) >= 11 is 0. The van der Waals surface area contributed by atoms with Gasteiger partial charge in [0.25, 0.3) is 31.4 Å². The van der Waals surface area contributed by atoms with Crippen molar-refractivity contribution in [2.24, 2.45) is 0 Å². The first kappa shape index (κ1) is 31.4. The number of nitrogens with one attached hydrogen (secondary N) is 2. The predicted octanol–water partition coefficient (Wildman–Crippen LogP) is 3.75. The number of non-ortho nitro benzene ring substituents is 2. The Balaban J connectivity index is 1.96. The van der Waals surface area contributed by atoms with E-state index < -0.39 is 46.2 Å². The van der Waals surface area contributed by atoms with E-state index in [1.807, 2.05) is 0 Å². The van der Waals surface area contributed by atoms with Crippen LogP contribution in [0.3, 0.4) is 0 Å². The van der Waals surface area contributed by atoms with Gasteiger partial charge in [0.15, 0.2) is 0 Å². The Kier molecular flexibility index (Phi) is 9.43. The van der Waals surface area contributed by atoms with Crippen LogP contribution in [-0.2, 0) is 20.0 Å². The fraction of sp³-hybridized carbons (Fsp3) is 0.167. The molecular formula is C24H24N4O12S2. The van der Waals surface area contributed by atoms with Crippen LogP contribution in [0.4, 0.5) is 22.7 Å². The van der Waals surface area contributed by atoms with Crippen LogP contribution >= 0.6 is 0 Å². The van der Waals surface area contributed by atoms with Crippen molar-refractivity contribution in [3.8, 4) is 23.0 Å². The minimum absolute atomic E-state index is 0.0512. The van der Waals surface area contributed by atoms with Crippen LogP contribution in [0.1, 0.15) is 5.56 Å². The fourth-order valence-electron chi connectivity index (χ4n) is 3.54. The molecule has 224 valence electrons. The summed E-state index contributed by atoms with van der Waals surface area (Å²) in [6.45, 7) is 0.